The molecule has 0 aliphatic heterocycles. The van der Waals surface area contributed by atoms with E-state index in [0.717, 1.165) is 9.26 Å². The van der Waals surface area contributed by atoms with Crippen molar-refractivity contribution in [3.05, 3.63) is 21.9 Å². The Bertz CT molecular complexity index is 428. The lowest BCUT2D eigenvalue weighted by molar-refractivity contribution is 1.22. The van der Waals surface area contributed by atoms with Gasteiger partial charge in [-0.15, -0.1) is 0 Å². The second kappa shape index (κ2) is 3.54. The lowest BCUT2D eigenvalue weighted by atomic mass is 10.3. The standard InChI is InChI=1S/C7H5IN4S/c8-4-2-1-3-10-5(4)6-11-7(9)13-12-6/h1-3H,(H2,9,11,12). The van der Waals surface area contributed by atoms with Gasteiger partial charge in [-0.25, -0.2) is 0 Å². The van der Waals surface area contributed by atoms with Crippen LogP contribution in [0.1, 0.15) is 0 Å². The average Bonchev–Trinajstić information content (AvgIpc) is 2.53. The normalized spacial score (nSPS) is 10.2. The number of pyridine rings is 1. The molecule has 0 saturated carbocycles. The molecule has 0 unspecified atom stereocenters. The molecule has 0 amide bonds. The molecule has 0 saturated heterocycles. The maximum Gasteiger partial charge on any atom is 0.200 e. The fourth-order valence-electron chi connectivity index (χ4n) is 0.882. The zero-order valence-electron chi connectivity index (χ0n) is 6.44. The summed E-state index contributed by atoms with van der Waals surface area (Å²) in [4.78, 5) is 8.24. The minimum absolute atomic E-state index is 0.469. The quantitative estimate of drug-likeness (QED) is 0.816. The largest absolute Gasteiger partial charge is 0.374 e. The molecule has 0 bridgehead atoms. The summed E-state index contributed by atoms with van der Waals surface area (Å²) in [6.45, 7) is 0. The Kier molecular flexibility index (Phi) is 2.40. The monoisotopic (exact) mass is 304 g/mol. The first-order valence-electron chi connectivity index (χ1n) is 3.47. The average molecular weight is 304 g/mol. The number of nitrogen functional groups attached to an aromatic ring is 1. The molecule has 2 N–H and O–H groups in total. The Morgan fingerprint density at radius 2 is 2.31 bits per heavy atom. The fourth-order valence-corrected chi connectivity index (χ4v) is 1.90. The van der Waals surface area contributed by atoms with Gasteiger partial charge in [0.15, 0.2) is 11.0 Å². The lowest BCUT2D eigenvalue weighted by Gasteiger charge is -1.95. The van der Waals surface area contributed by atoms with Crippen LogP contribution in [0.2, 0.25) is 0 Å². The molecule has 0 aliphatic rings. The minimum Gasteiger partial charge on any atom is -0.374 e. The molecule has 2 heterocycles. The van der Waals surface area contributed by atoms with Gasteiger partial charge >= 0.3 is 0 Å². The topological polar surface area (TPSA) is 64.7 Å². The van der Waals surface area contributed by atoms with Crippen LogP contribution in [-0.4, -0.2) is 14.3 Å². The molecule has 6 heteroatoms. The zero-order valence-corrected chi connectivity index (χ0v) is 9.41. The highest BCUT2D eigenvalue weighted by molar-refractivity contribution is 14.1. The summed E-state index contributed by atoms with van der Waals surface area (Å²) in [7, 11) is 0. The summed E-state index contributed by atoms with van der Waals surface area (Å²) in [5.74, 6) is 0.604. The van der Waals surface area contributed by atoms with Gasteiger partial charge in [-0.05, 0) is 34.7 Å². The van der Waals surface area contributed by atoms with Crippen LogP contribution in [0.15, 0.2) is 18.3 Å². The van der Waals surface area contributed by atoms with Crippen LogP contribution in [0.4, 0.5) is 5.13 Å². The summed E-state index contributed by atoms with van der Waals surface area (Å²) in [5.41, 5.74) is 6.27. The smallest absolute Gasteiger partial charge is 0.200 e. The van der Waals surface area contributed by atoms with Gasteiger partial charge in [0, 0.05) is 21.3 Å². The third-order valence-electron chi connectivity index (χ3n) is 1.41. The van der Waals surface area contributed by atoms with Gasteiger partial charge in [0.2, 0.25) is 0 Å². The number of halogens is 1. The molecule has 0 aliphatic carbocycles. The third kappa shape index (κ3) is 1.78. The van der Waals surface area contributed by atoms with E-state index in [9.17, 15) is 0 Å². The van der Waals surface area contributed by atoms with Crippen LogP contribution in [0.3, 0.4) is 0 Å². The van der Waals surface area contributed by atoms with Gasteiger partial charge in [-0.2, -0.15) is 9.36 Å². The van der Waals surface area contributed by atoms with E-state index >= 15 is 0 Å². The van der Waals surface area contributed by atoms with Crippen molar-refractivity contribution in [2.75, 3.05) is 5.73 Å². The van der Waals surface area contributed by atoms with Crippen LogP contribution >= 0.6 is 34.1 Å². The van der Waals surface area contributed by atoms with Crippen LogP contribution in [0.5, 0.6) is 0 Å². The van der Waals surface area contributed by atoms with Gasteiger partial charge < -0.3 is 5.73 Å². The molecule has 0 spiro atoms. The van der Waals surface area contributed by atoms with E-state index in [1.54, 1.807) is 6.20 Å². The van der Waals surface area contributed by atoms with Gasteiger partial charge in [0.05, 0.1) is 0 Å². The Labute approximate surface area is 92.5 Å². The zero-order chi connectivity index (χ0) is 9.26. The van der Waals surface area contributed by atoms with E-state index in [0.29, 0.717) is 11.0 Å². The number of aromatic nitrogens is 3. The fraction of sp³-hybridized carbons (Fsp3) is 0. The van der Waals surface area contributed by atoms with Crippen molar-refractivity contribution < 1.29 is 0 Å². The van der Waals surface area contributed by atoms with Crippen molar-refractivity contribution in [2.45, 2.75) is 0 Å². The summed E-state index contributed by atoms with van der Waals surface area (Å²) >= 11 is 3.38. The maximum atomic E-state index is 5.48. The summed E-state index contributed by atoms with van der Waals surface area (Å²) in [6, 6.07) is 3.83. The second-order valence-electron chi connectivity index (χ2n) is 2.29. The first-order valence-corrected chi connectivity index (χ1v) is 5.32. The number of hydrogen-bond acceptors (Lipinski definition) is 5. The molecule has 0 radical (unpaired) electrons. The number of nitrogens with zero attached hydrogens (tertiary/aromatic N) is 3. The van der Waals surface area contributed by atoms with Gasteiger partial charge in [-0.1, -0.05) is 0 Å². The first kappa shape index (κ1) is 8.82. The van der Waals surface area contributed by atoms with E-state index in [1.807, 2.05) is 12.1 Å². The molecule has 13 heavy (non-hydrogen) atoms. The van der Waals surface area contributed by atoms with E-state index < -0.39 is 0 Å². The number of anilines is 1. The predicted molar refractivity (Wildman–Crippen MR) is 60.3 cm³/mol. The van der Waals surface area contributed by atoms with Crippen molar-refractivity contribution in [1.29, 1.82) is 0 Å². The van der Waals surface area contributed by atoms with E-state index in [4.69, 9.17) is 5.73 Å². The van der Waals surface area contributed by atoms with E-state index in [-0.39, 0.29) is 0 Å². The molecule has 0 fully saturated rings. The number of nitrogens with two attached hydrogens (primary N) is 1. The van der Waals surface area contributed by atoms with Crippen LogP contribution in [0, 0.1) is 3.57 Å². The Balaban J connectivity index is 2.52. The van der Waals surface area contributed by atoms with Crippen molar-refractivity contribution in [2.24, 2.45) is 0 Å². The maximum absolute atomic E-state index is 5.48. The van der Waals surface area contributed by atoms with E-state index in [1.165, 1.54) is 11.5 Å². The van der Waals surface area contributed by atoms with Gasteiger partial charge in [0.1, 0.15) is 5.69 Å². The highest BCUT2D eigenvalue weighted by atomic mass is 127. The Morgan fingerprint density at radius 1 is 1.46 bits per heavy atom. The summed E-state index contributed by atoms with van der Waals surface area (Å²) < 4.78 is 5.11. The molecule has 0 atom stereocenters. The third-order valence-corrected chi connectivity index (χ3v) is 2.83. The molecular formula is C7H5IN4S. The van der Waals surface area contributed by atoms with Crippen molar-refractivity contribution in [1.82, 2.24) is 14.3 Å². The van der Waals surface area contributed by atoms with Crippen LogP contribution in [0.25, 0.3) is 11.5 Å². The van der Waals surface area contributed by atoms with Crippen molar-refractivity contribution >= 4 is 39.3 Å². The molecular weight excluding hydrogens is 299 g/mol. The molecule has 66 valence electrons. The SMILES string of the molecule is Nc1nc(-c2ncccc2I)ns1. The Hall–Kier alpha value is -0.760. The first-order chi connectivity index (χ1) is 6.27. The molecule has 4 nitrogen and oxygen atoms in total. The van der Waals surface area contributed by atoms with Crippen LogP contribution in [-0.2, 0) is 0 Å². The minimum atomic E-state index is 0.469. The molecule has 2 aromatic rings. The van der Waals surface area contributed by atoms with Crippen molar-refractivity contribution in [3.8, 4) is 11.5 Å². The number of rotatable bonds is 1. The van der Waals surface area contributed by atoms with E-state index in [2.05, 4.69) is 36.9 Å². The predicted octanol–water partition coefficient (Wildman–Crippen LogP) is 1.79. The van der Waals surface area contributed by atoms with Crippen LogP contribution < -0.4 is 5.73 Å². The molecule has 2 aromatic heterocycles. The van der Waals surface area contributed by atoms with Gasteiger partial charge in [-0.3, -0.25) is 4.98 Å². The van der Waals surface area contributed by atoms with Gasteiger partial charge in [0.25, 0.3) is 0 Å². The summed E-state index contributed by atoms with van der Waals surface area (Å²) in [5, 5.41) is 0.469. The molecule has 2 rings (SSSR count). The number of hydrogen-bond donors (Lipinski definition) is 1. The lowest BCUT2D eigenvalue weighted by Crippen LogP contribution is -1.89. The highest BCUT2D eigenvalue weighted by Gasteiger charge is 2.08. The van der Waals surface area contributed by atoms with Crippen molar-refractivity contribution in [3.63, 3.8) is 0 Å². The Morgan fingerprint density at radius 3 is 2.92 bits per heavy atom. The second-order valence-corrected chi connectivity index (χ2v) is 4.24. The molecule has 0 aromatic carbocycles. The highest BCUT2D eigenvalue weighted by Crippen LogP contribution is 2.21. The summed E-state index contributed by atoms with van der Waals surface area (Å²) in [6.07, 6.45) is 1.72.